The number of carbonyl (C=O) groups is 1. The number of ether oxygens (including phenoxy) is 2. The highest BCUT2D eigenvalue weighted by Crippen LogP contribution is 2.41. The van der Waals surface area contributed by atoms with Gasteiger partial charge in [0.05, 0.1) is 36.8 Å². The van der Waals surface area contributed by atoms with E-state index < -0.39 is 5.60 Å². The second kappa shape index (κ2) is 12.5. The van der Waals surface area contributed by atoms with Crippen LogP contribution in [0.3, 0.4) is 0 Å². The van der Waals surface area contributed by atoms with E-state index in [9.17, 15) is 9.90 Å². The number of imidazole rings is 1. The van der Waals surface area contributed by atoms with Gasteiger partial charge in [0.1, 0.15) is 11.4 Å². The third-order valence-corrected chi connectivity index (χ3v) is 9.32. The van der Waals surface area contributed by atoms with E-state index >= 15 is 0 Å². The molecule has 1 aliphatic heterocycles. The normalized spacial score (nSPS) is 22.7. The predicted molar refractivity (Wildman–Crippen MR) is 167 cm³/mol. The number of hydrogen-bond acceptors (Lipinski definition) is 6. The van der Waals surface area contributed by atoms with Crippen molar-refractivity contribution in [2.75, 3.05) is 40.0 Å². The first-order valence-electron chi connectivity index (χ1n) is 15.4. The van der Waals surface area contributed by atoms with E-state index in [4.69, 9.17) is 14.5 Å². The van der Waals surface area contributed by atoms with Gasteiger partial charge in [-0.3, -0.25) is 4.79 Å². The number of amides is 1. The predicted octanol–water partition coefficient (Wildman–Crippen LogP) is 4.73. The van der Waals surface area contributed by atoms with Crippen LogP contribution in [-0.2, 0) is 11.8 Å². The molecule has 1 saturated heterocycles. The smallest absolute Gasteiger partial charge is 0.275 e. The van der Waals surface area contributed by atoms with Crippen LogP contribution in [0.2, 0.25) is 0 Å². The zero-order valence-corrected chi connectivity index (χ0v) is 25.5. The molecule has 2 N–H and O–H groups in total. The average Bonchev–Trinajstić information content (AvgIpc) is 3.58. The first kappa shape index (κ1) is 29.4. The minimum absolute atomic E-state index is 0.0314. The SMILES string of the molecule is COC[C@]1(O)CCCC[C@H]1n1cnc(C(=O)N2CCNC[C@H]2CCOc2ccc3cc(C)n(C)c3c2)c1-c1ccccc1. The third kappa shape index (κ3) is 5.81. The van der Waals surface area contributed by atoms with E-state index in [1.807, 2.05) is 45.9 Å². The van der Waals surface area contributed by atoms with Gasteiger partial charge in [-0.2, -0.15) is 0 Å². The molecule has 0 bridgehead atoms. The Bertz CT molecular complexity index is 1560. The fourth-order valence-electron chi connectivity index (χ4n) is 6.93. The van der Waals surface area contributed by atoms with Gasteiger partial charge in [0.2, 0.25) is 0 Å². The molecule has 0 unspecified atom stereocenters. The van der Waals surface area contributed by atoms with Crippen LogP contribution >= 0.6 is 0 Å². The molecule has 3 atom stereocenters. The van der Waals surface area contributed by atoms with Crippen molar-refractivity contribution >= 4 is 16.8 Å². The third-order valence-electron chi connectivity index (χ3n) is 9.32. The van der Waals surface area contributed by atoms with E-state index in [0.717, 1.165) is 48.3 Å². The van der Waals surface area contributed by atoms with E-state index in [1.54, 1.807) is 13.4 Å². The van der Waals surface area contributed by atoms with Crippen LogP contribution in [0.4, 0.5) is 0 Å². The minimum Gasteiger partial charge on any atom is -0.493 e. The van der Waals surface area contributed by atoms with Gasteiger partial charge < -0.3 is 33.9 Å². The summed E-state index contributed by atoms with van der Waals surface area (Å²) >= 11 is 0. The number of fused-ring (bicyclic) bond motifs is 1. The lowest BCUT2D eigenvalue weighted by Gasteiger charge is -2.41. The van der Waals surface area contributed by atoms with Gasteiger partial charge in [0, 0.05) is 69.0 Å². The number of carbonyl (C=O) groups excluding carboxylic acids is 1. The Hall–Kier alpha value is -3.66. The number of aliphatic hydroxyl groups is 1. The molecule has 43 heavy (non-hydrogen) atoms. The number of nitrogens with zero attached hydrogens (tertiary/aromatic N) is 4. The Morgan fingerprint density at radius 1 is 1.16 bits per heavy atom. The summed E-state index contributed by atoms with van der Waals surface area (Å²) < 4.78 is 15.9. The Kier molecular flexibility index (Phi) is 8.56. The van der Waals surface area contributed by atoms with Crippen molar-refractivity contribution in [1.29, 1.82) is 0 Å². The molecule has 4 aromatic rings. The number of piperazine rings is 1. The monoisotopic (exact) mass is 585 g/mol. The topological polar surface area (TPSA) is 93.8 Å². The second-order valence-corrected chi connectivity index (χ2v) is 12.1. The number of hydrogen-bond donors (Lipinski definition) is 2. The van der Waals surface area contributed by atoms with Crippen LogP contribution in [0, 0.1) is 6.92 Å². The molecule has 2 aromatic heterocycles. The number of aryl methyl sites for hydroxylation is 2. The number of rotatable bonds is 9. The summed E-state index contributed by atoms with van der Waals surface area (Å²) in [5, 5.41) is 16.3. The summed E-state index contributed by atoms with van der Waals surface area (Å²) in [5.74, 6) is 0.743. The summed E-state index contributed by atoms with van der Waals surface area (Å²) in [5.41, 5.74) is 3.42. The van der Waals surface area contributed by atoms with Crippen molar-refractivity contribution in [1.82, 2.24) is 24.3 Å². The standard InChI is InChI=1S/C34H43N5O4/c1-24-19-26-12-13-28(20-29(26)37(24)2)43-18-14-27-21-35-16-17-38(27)33(40)31-32(25-9-5-4-6-10-25)39(23-36-31)30-11-7-8-15-34(30,41)22-42-3/h4-6,9-10,12-13,19-20,23,27,30,35,41H,7-8,11,14-18,21-22H2,1-3H3/t27-,30-,34-/m1/s1. The lowest BCUT2D eigenvalue weighted by molar-refractivity contribution is -0.0893. The number of methoxy groups -OCH3 is 1. The van der Waals surface area contributed by atoms with E-state index in [1.165, 1.54) is 11.1 Å². The summed E-state index contributed by atoms with van der Waals surface area (Å²) in [4.78, 5) is 21.0. The van der Waals surface area contributed by atoms with Gasteiger partial charge in [0.25, 0.3) is 5.91 Å². The van der Waals surface area contributed by atoms with E-state index in [0.29, 0.717) is 38.2 Å². The van der Waals surface area contributed by atoms with Crippen LogP contribution < -0.4 is 10.1 Å². The summed E-state index contributed by atoms with van der Waals surface area (Å²) in [6.45, 7) is 4.85. The molecule has 0 spiro atoms. The van der Waals surface area contributed by atoms with E-state index in [2.05, 4.69) is 42.1 Å². The maximum Gasteiger partial charge on any atom is 0.275 e. The highest BCUT2D eigenvalue weighted by molar-refractivity contribution is 5.98. The summed E-state index contributed by atoms with van der Waals surface area (Å²) in [6.07, 6.45) is 5.83. The van der Waals surface area contributed by atoms with Gasteiger partial charge in [-0.25, -0.2) is 4.98 Å². The van der Waals surface area contributed by atoms with Gasteiger partial charge in [-0.1, -0.05) is 43.2 Å². The average molecular weight is 586 g/mol. The van der Waals surface area contributed by atoms with Crippen molar-refractivity contribution in [3.63, 3.8) is 0 Å². The van der Waals surface area contributed by atoms with Crippen molar-refractivity contribution in [3.8, 4) is 17.0 Å². The van der Waals surface area contributed by atoms with Gasteiger partial charge in [-0.15, -0.1) is 0 Å². The van der Waals surface area contributed by atoms with Crippen LogP contribution in [0.15, 0.2) is 60.9 Å². The molecule has 1 saturated carbocycles. The van der Waals surface area contributed by atoms with Crippen LogP contribution in [0.25, 0.3) is 22.2 Å². The molecule has 6 rings (SSSR count). The van der Waals surface area contributed by atoms with Crippen molar-refractivity contribution < 1.29 is 19.4 Å². The molecule has 3 heterocycles. The lowest BCUT2D eigenvalue weighted by Crippen LogP contribution is -2.54. The molecule has 228 valence electrons. The van der Waals surface area contributed by atoms with Crippen LogP contribution in [0.1, 0.15) is 54.3 Å². The maximum atomic E-state index is 14.3. The number of aromatic nitrogens is 3. The highest BCUT2D eigenvalue weighted by atomic mass is 16.5. The molecular formula is C34H43N5O4. The molecule has 2 fully saturated rings. The molecule has 1 amide bonds. The maximum absolute atomic E-state index is 14.3. The summed E-state index contributed by atoms with van der Waals surface area (Å²) in [7, 11) is 3.69. The fourth-order valence-corrected chi connectivity index (χ4v) is 6.93. The number of nitrogens with one attached hydrogen (secondary N) is 1. The highest BCUT2D eigenvalue weighted by Gasteiger charge is 2.42. The van der Waals surface area contributed by atoms with Crippen molar-refractivity contribution in [3.05, 3.63) is 72.3 Å². The number of benzene rings is 2. The second-order valence-electron chi connectivity index (χ2n) is 12.1. The Morgan fingerprint density at radius 2 is 2.00 bits per heavy atom. The molecule has 2 aliphatic rings. The minimum atomic E-state index is -1.02. The fraction of sp³-hybridized carbons (Fsp3) is 0.471. The molecule has 1 aliphatic carbocycles. The Labute approximate surface area is 253 Å². The summed E-state index contributed by atoms with van der Waals surface area (Å²) in [6, 6.07) is 18.0. The molecular weight excluding hydrogens is 542 g/mol. The van der Waals surface area contributed by atoms with Crippen molar-refractivity contribution in [2.45, 2.75) is 56.7 Å². The zero-order valence-electron chi connectivity index (χ0n) is 25.5. The Morgan fingerprint density at radius 3 is 2.81 bits per heavy atom. The largest absolute Gasteiger partial charge is 0.493 e. The van der Waals surface area contributed by atoms with Gasteiger partial charge >= 0.3 is 0 Å². The quantitative estimate of drug-likeness (QED) is 0.295. The molecule has 2 aromatic carbocycles. The molecule has 9 heteroatoms. The van der Waals surface area contributed by atoms with Crippen molar-refractivity contribution in [2.24, 2.45) is 7.05 Å². The first-order chi connectivity index (χ1) is 20.9. The van der Waals surface area contributed by atoms with Gasteiger partial charge in [0.15, 0.2) is 5.69 Å². The van der Waals surface area contributed by atoms with Gasteiger partial charge in [-0.05, 0) is 38.0 Å². The van der Waals surface area contributed by atoms with E-state index in [-0.39, 0.29) is 24.6 Å². The molecule has 9 nitrogen and oxygen atoms in total. The van der Waals surface area contributed by atoms with Crippen LogP contribution in [0.5, 0.6) is 5.75 Å². The first-order valence-corrected chi connectivity index (χ1v) is 15.4. The lowest BCUT2D eigenvalue weighted by atomic mass is 9.80. The Balaban J connectivity index is 1.25. The van der Waals surface area contributed by atoms with Crippen LogP contribution in [-0.4, -0.2) is 81.6 Å². The molecule has 0 radical (unpaired) electrons. The zero-order chi connectivity index (χ0) is 30.0.